The molecule has 146 valence electrons. The number of benzene rings is 2. The number of nitrogens with zero attached hydrogens (tertiary/aromatic N) is 3. The van der Waals surface area contributed by atoms with Gasteiger partial charge in [-0.25, -0.2) is 4.79 Å². The van der Waals surface area contributed by atoms with Crippen molar-refractivity contribution in [3.8, 4) is 5.69 Å². The van der Waals surface area contributed by atoms with Gasteiger partial charge in [0.1, 0.15) is 0 Å². The summed E-state index contributed by atoms with van der Waals surface area (Å²) in [5.41, 5.74) is 3.24. The second kappa shape index (κ2) is 8.46. The first-order chi connectivity index (χ1) is 13.4. The van der Waals surface area contributed by atoms with Crippen molar-refractivity contribution in [2.45, 2.75) is 20.1 Å². The minimum absolute atomic E-state index is 0.0957. The van der Waals surface area contributed by atoms with E-state index < -0.39 is 0 Å². The lowest BCUT2D eigenvalue weighted by Crippen LogP contribution is -2.30. The zero-order valence-corrected chi connectivity index (χ0v) is 16.9. The molecule has 1 N–H and O–H groups in total. The minimum Gasteiger partial charge on any atom is -0.355 e. The maximum absolute atomic E-state index is 12.8. The lowest BCUT2D eigenvalue weighted by atomic mass is 10.1. The molecule has 1 amide bonds. The van der Waals surface area contributed by atoms with Crippen molar-refractivity contribution >= 4 is 17.5 Å². The van der Waals surface area contributed by atoms with E-state index in [1.54, 1.807) is 40.4 Å². The average Bonchev–Trinajstić information content (AvgIpc) is 2.95. The van der Waals surface area contributed by atoms with E-state index in [1.807, 2.05) is 49.3 Å². The van der Waals surface area contributed by atoms with Gasteiger partial charge in [0.2, 0.25) is 0 Å². The predicted molar refractivity (Wildman–Crippen MR) is 111 cm³/mol. The Morgan fingerprint density at radius 3 is 2.36 bits per heavy atom. The Labute approximate surface area is 169 Å². The minimum atomic E-state index is -0.106. The summed E-state index contributed by atoms with van der Waals surface area (Å²) < 4.78 is 3.35. The molecule has 1 aromatic heterocycles. The molecule has 0 bridgehead atoms. The number of aryl methyl sites for hydroxylation is 1. The molecule has 0 aliphatic heterocycles. The zero-order chi connectivity index (χ0) is 20.3. The van der Waals surface area contributed by atoms with Crippen molar-refractivity contribution in [1.29, 1.82) is 0 Å². The SMILES string of the molecule is CNC(=O)c1ccc(CN(C)Cn2cc(C)n(-c3ccc(Cl)cc3)c2=O)cc1. The number of imidazole rings is 1. The van der Waals surface area contributed by atoms with Gasteiger partial charge >= 0.3 is 5.69 Å². The average molecular weight is 399 g/mol. The lowest BCUT2D eigenvalue weighted by molar-refractivity contribution is 0.0963. The Morgan fingerprint density at radius 1 is 1.11 bits per heavy atom. The molecule has 0 aliphatic rings. The van der Waals surface area contributed by atoms with Gasteiger partial charge in [0.15, 0.2) is 0 Å². The summed E-state index contributed by atoms with van der Waals surface area (Å²) in [5.74, 6) is -0.106. The highest BCUT2D eigenvalue weighted by Gasteiger charge is 2.12. The van der Waals surface area contributed by atoms with Crippen molar-refractivity contribution < 1.29 is 4.79 Å². The molecule has 0 radical (unpaired) electrons. The van der Waals surface area contributed by atoms with Crippen molar-refractivity contribution in [3.63, 3.8) is 0 Å². The predicted octanol–water partition coefficient (Wildman–Crippen LogP) is 3.05. The van der Waals surface area contributed by atoms with E-state index >= 15 is 0 Å². The molecule has 3 rings (SSSR count). The maximum Gasteiger partial charge on any atom is 0.334 e. The highest BCUT2D eigenvalue weighted by atomic mass is 35.5. The molecule has 0 saturated carbocycles. The molecule has 0 saturated heterocycles. The summed E-state index contributed by atoms with van der Waals surface area (Å²) in [4.78, 5) is 26.5. The highest BCUT2D eigenvalue weighted by Crippen LogP contribution is 2.14. The molecule has 28 heavy (non-hydrogen) atoms. The van der Waals surface area contributed by atoms with Gasteiger partial charge in [0, 0.05) is 36.1 Å². The second-order valence-electron chi connectivity index (χ2n) is 6.77. The third-order valence-corrected chi connectivity index (χ3v) is 4.76. The number of rotatable bonds is 6. The van der Waals surface area contributed by atoms with Crippen LogP contribution in [0.1, 0.15) is 21.6 Å². The number of nitrogens with one attached hydrogen (secondary N) is 1. The molecule has 0 aliphatic carbocycles. The Morgan fingerprint density at radius 2 is 1.75 bits per heavy atom. The fraction of sp³-hybridized carbons (Fsp3) is 0.238. The summed E-state index contributed by atoms with van der Waals surface area (Å²) in [7, 11) is 3.56. The molecule has 0 spiro atoms. The maximum atomic E-state index is 12.8. The van der Waals surface area contributed by atoms with E-state index in [2.05, 4.69) is 5.32 Å². The number of carbonyl (C=O) groups is 1. The lowest BCUT2D eigenvalue weighted by Gasteiger charge is -2.17. The molecule has 6 nitrogen and oxygen atoms in total. The van der Waals surface area contributed by atoms with Crippen molar-refractivity contribution in [3.05, 3.63) is 87.1 Å². The molecule has 7 heteroatoms. The molecular formula is C21H23ClN4O2. The smallest absolute Gasteiger partial charge is 0.334 e. The number of aromatic nitrogens is 2. The van der Waals surface area contributed by atoms with E-state index in [4.69, 9.17) is 11.6 Å². The topological polar surface area (TPSA) is 59.3 Å². The van der Waals surface area contributed by atoms with Crippen LogP contribution in [0.15, 0.2) is 59.5 Å². The third-order valence-electron chi connectivity index (χ3n) is 4.51. The fourth-order valence-electron chi connectivity index (χ4n) is 3.15. The number of hydrogen-bond donors (Lipinski definition) is 1. The third kappa shape index (κ3) is 4.35. The van der Waals surface area contributed by atoms with Crippen molar-refractivity contribution in [2.24, 2.45) is 0 Å². The number of carbonyl (C=O) groups excluding carboxylic acids is 1. The monoisotopic (exact) mass is 398 g/mol. The quantitative estimate of drug-likeness (QED) is 0.694. The van der Waals surface area contributed by atoms with Crippen LogP contribution in [0.5, 0.6) is 0 Å². The largest absolute Gasteiger partial charge is 0.355 e. The molecule has 0 fully saturated rings. The molecule has 3 aromatic rings. The van der Waals surface area contributed by atoms with Crippen LogP contribution in [0.2, 0.25) is 5.02 Å². The summed E-state index contributed by atoms with van der Waals surface area (Å²) >= 11 is 5.94. The van der Waals surface area contributed by atoms with Crippen LogP contribution in [0.25, 0.3) is 5.69 Å². The number of hydrogen-bond acceptors (Lipinski definition) is 3. The van der Waals surface area contributed by atoms with Gasteiger partial charge < -0.3 is 5.32 Å². The van der Waals surface area contributed by atoms with Gasteiger partial charge in [-0.2, -0.15) is 0 Å². The highest BCUT2D eigenvalue weighted by molar-refractivity contribution is 6.30. The Bertz CT molecular complexity index is 1020. The molecule has 0 unspecified atom stereocenters. The van der Waals surface area contributed by atoms with Crippen LogP contribution < -0.4 is 11.0 Å². The van der Waals surface area contributed by atoms with Crippen LogP contribution in [0, 0.1) is 6.92 Å². The normalized spacial score (nSPS) is 11.0. The molecule has 0 atom stereocenters. The number of halogens is 1. The standard InChI is InChI=1S/C21H23ClN4O2/c1-15-12-25(21(28)26(15)19-10-8-18(22)9-11-19)14-24(3)13-16-4-6-17(7-5-16)20(27)23-2/h4-12H,13-14H2,1-3H3,(H,23,27). The molecular weight excluding hydrogens is 376 g/mol. The summed E-state index contributed by atoms with van der Waals surface area (Å²) in [6.45, 7) is 3.02. The molecule has 1 heterocycles. The summed E-state index contributed by atoms with van der Waals surface area (Å²) in [5, 5.41) is 3.24. The van der Waals surface area contributed by atoms with E-state index in [0.717, 1.165) is 16.9 Å². The first kappa shape index (κ1) is 19.9. The fourth-order valence-corrected chi connectivity index (χ4v) is 3.28. The Balaban J connectivity index is 1.73. The first-order valence-corrected chi connectivity index (χ1v) is 9.31. The van der Waals surface area contributed by atoms with Gasteiger partial charge in [-0.3, -0.25) is 18.8 Å². The van der Waals surface area contributed by atoms with Crippen LogP contribution in [-0.4, -0.2) is 34.0 Å². The Hall–Kier alpha value is -2.83. The molecule has 2 aromatic carbocycles. The van der Waals surface area contributed by atoms with Crippen LogP contribution in [0.4, 0.5) is 0 Å². The van der Waals surface area contributed by atoms with Gasteiger partial charge in [-0.05, 0) is 55.9 Å². The van der Waals surface area contributed by atoms with Crippen LogP contribution in [0.3, 0.4) is 0 Å². The van der Waals surface area contributed by atoms with Gasteiger partial charge in [-0.1, -0.05) is 23.7 Å². The number of amides is 1. The van der Waals surface area contributed by atoms with E-state index in [0.29, 0.717) is 23.8 Å². The van der Waals surface area contributed by atoms with Gasteiger partial charge in [0.25, 0.3) is 5.91 Å². The van der Waals surface area contributed by atoms with Gasteiger partial charge in [0.05, 0.1) is 12.4 Å². The van der Waals surface area contributed by atoms with E-state index in [-0.39, 0.29) is 11.6 Å². The zero-order valence-electron chi connectivity index (χ0n) is 16.1. The first-order valence-electron chi connectivity index (χ1n) is 8.93. The van der Waals surface area contributed by atoms with Crippen LogP contribution in [-0.2, 0) is 13.2 Å². The van der Waals surface area contributed by atoms with Crippen molar-refractivity contribution in [1.82, 2.24) is 19.4 Å². The second-order valence-corrected chi connectivity index (χ2v) is 7.20. The summed E-state index contributed by atoms with van der Waals surface area (Å²) in [6, 6.07) is 14.7. The van der Waals surface area contributed by atoms with E-state index in [1.165, 1.54) is 0 Å². The van der Waals surface area contributed by atoms with E-state index in [9.17, 15) is 9.59 Å². The Kier molecular flexibility index (Phi) is 6.02. The van der Waals surface area contributed by atoms with Gasteiger partial charge in [-0.15, -0.1) is 0 Å². The van der Waals surface area contributed by atoms with Crippen LogP contribution >= 0.6 is 11.6 Å². The summed E-state index contributed by atoms with van der Waals surface area (Å²) in [6.07, 6.45) is 1.85. The van der Waals surface area contributed by atoms with Crippen molar-refractivity contribution in [2.75, 3.05) is 14.1 Å².